The van der Waals surface area contributed by atoms with E-state index in [-0.39, 0.29) is 34.0 Å². The lowest BCUT2D eigenvalue weighted by molar-refractivity contribution is -0.385. The van der Waals surface area contributed by atoms with Crippen molar-refractivity contribution in [1.29, 1.82) is 0 Å². The van der Waals surface area contributed by atoms with E-state index in [1.54, 1.807) is 0 Å². The Labute approximate surface area is 128 Å². The predicted octanol–water partition coefficient (Wildman–Crippen LogP) is 2.53. The molecule has 2 aromatic rings. The first-order valence-electron chi connectivity index (χ1n) is 6.12. The van der Waals surface area contributed by atoms with Gasteiger partial charge in [-0.1, -0.05) is 0 Å². The van der Waals surface area contributed by atoms with Gasteiger partial charge in [0.15, 0.2) is 0 Å². The van der Waals surface area contributed by atoms with E-state index in [4.69, 9.17) is 10.8 Å². The van der Waals surface area contributed by atoms with Crippen molar-refractivity contribution in [2.75, 3.05) is 11.1 Å². The van der Waals surface area contributed by atoms with Crippen molar-refractivity contribution in [3.05, 3.63) is 62.2 Å². The molecule has 0 aliphatic carbocycles. The number of nitrogens with one attached hydrogen (secondary N) is 1. The summed E-state index contributed by atoms with van der Waals surface area (Å²) in [5, 5.41) is 33.3. The number of carboxylic acids is 1. The van der Waals surface area contributed by atoms with Crippen molar-refractivity contribution in [3.63, 3.8) is 0 Å². The number of non-ortho nitro benzene ring substituents is 2. The molecule has 118 valence electrons. The van der Waals surface area contributed by atoms with E-state index in [0.717, 1.165) is 18.2 Å². The van der Waals surface area contributed by atoms with Crippen LogP contribution in [0.5, 0.6) is 0 Å². The molecule has 0 unspecified atom stereocenters. The first-order chi connectivity index (χ1) is 10.8. The number of carbonyl (C=O) groups is 1. The molecule has 0 saturated carbocycles. The predicted molar refractivity (Wildman–Crippen MR) is 80.8 cm³/mol. The van der Waals surface area contributed by atoms with Crippen molar-refractivity contribution in [2.45, 2.75) is 0 Å². The van der Waals surface area contributed by atoms with Gasteiger partial charge in [-0.3, -0.25) is 20.2 Å². The van der Waals surface area contributed by atoms with E-state index in [1.165, 1.54) is 18.2 Å². The van der Waals surface area contributed by atoms with E-state index in [2.05, 4.69) is 5.32 Å². The summed E-state index contributed by atoms with van der Waals surface area (Å²) in [6.45, 7) is 0. The van der Waals surface area contributed by atoms with E-state index >= 15 is 0 Å². The molecule has 0 spiro atoms. The van der Waals surface area contributed by atoms with Crippen LogP contribution in [-0.2, 0) is 0 Å². The normalized spacial score (nSPS) is 10.1. The number of benzene rings is 2. The molecule has 2 rings (SSSR count). The number of aromatic carboxylic acids is 1. The molecule has 0 amide bonds. The highest BCUT2D eigenvalue weighted by molar-refractivity contribution is 5.96. The second kappa shape index (κ2) is 5.97. The summed E-state index contributed by atoms with van der Waals surface area (Å²) in [7, 11) is 0. The SMILES string of the molecule is Nc1ccc([N+](=O)[O-])cc1Nc1ccc([N+](=O)[O-])cc1C(=O)O. The topological polar surface area (TPSA) is 162 Å². The molecule has 0 atom stereocenters. The molecule has 0 bridgehead atoms. The minimum absolute atomic E-state index is 0.0234. The Morgan fingerprint density at radius 2 is 1.57 bits per heavy atom. The monoisotopic (exact) mass is 318 g/mol. The fourth-order valence-corrected chi connectivity index (χ4v) is 1.84. The number of nitro benzene ring substituents is 2. The highest BCUT2D eigenvalue weighted by Gasteiger charge is 2.17. The third kappa shape index (κ3) is 3.32. The lowest BCUT2D eigenvalue weighted by Crippen LogP contribution is -2.05. The Kier molecular flexibility index (Phi) is 4.07. The lowest BCUT2D eigenvalue weighted by Gasteiger charge is -2.11. The highest BCUT2D eigenvalue weighted by atomic mass is 16.6. The molecule has 0 saturated heterocycles. The minimum Gasteiger partial charge on any atom is -0.478 e. The second-order valence-corrected chi connectivity index (χ2v) is 4.45. The molecule has 4 N–H and O–H groups in total. The number of carboxylic acid groups (broad SMARTS) is 1. The molecular weight excluding hydrogens is 308 g/mol. The summed E-state index contributed by atoms with van der Waals surface area (Å²) in [6.07, 6.45) is 0. The van der Waals surface area contributed by atoms with Gasteiger partial charge in [0.25, 0.3) is 11.4 Å². The summed E-state index contributed by atoms with van der Waals surface area (Å²) in [4.78, 5) is 31.4. The first kappa shape index (κ1) is 15.7. The van der Waals surface area contributed by atoms with Gasteiger partial charge < -0.3 is 16.2 Å². The van der Waals surface area contributed by atoms with Gasteiger partial charge in [-0.05, 0) is 12.1 Å². The number of hydrogen-bond acceptors (Lipinski definition) is 7. The first-order valence-corrected chi connectivity index (χ1v) is 6.12. The molecule has 10 heteroatoms. The van der Waals surface area contributed by atoms with Crippen molar-refractivity contribution < 1.29 is 19.7 Å². The molecule has 0 aliphatic rings. The summed E-state index contributed by atoms with van der Waals surface area (Å²) in [5.41, 5.74) is 5.02. The van der Waals surface area contributed by atoms with Crippen LogP contribution in [0.1, 0.15) is 10.4 Å². The Hall–Kier alpha value is -3.69. The number of nitrogens with zero attached hydrogens (tertiary/aromatic N) is 2. The highest BCUT2D eigenvalue weighted by Crippen LogP contribution is 2.30. The van der Waals surface area contributed by atoms with Crippen LogP contribution < -0.4 is 11.1 Å². The molecule has 0 fully saturated rings. The van der Waals surface area contributed by atoms with Crippen molar-refractivity contribution >= 4 is 34.4 Å². The zero-order valence-corrected chi connectivity index (χ0v) is 11.4. The molecule has 10 nitrogen and oxygen atoms in total. The van der Waals surface area contributed by atoms with E-state index < -0.39 is 15.8 Å². The molecule has 2 aromatic carbocycles. The van der Waals surface area contributed by atoms with Crippen LogP contribution in [-0.4, -0.2) is 20.9 Å². The number of hydrogen-bond donors (Lipinski definition) is 3. The maximum atomic E-state index is 11.2. The summed E-state index contributed by atoms with van der Waals surface area (Å²) in [6, 6.07) is 6.84. The summed E-state index contributed by atoms with van der Waals surface area (Å²) in [5.74, 6) is -1.39. The number of anilines is 3. The Bertz CT molecular complexity index is 820. The second-order valence-electron chi connectivity index (χ2n) is 4.45. The number of nitrogen functional groups attached to an aromatic ring is 1. The van der Waals surface area contributed by atoms with E-state index in [1.807, 2.05) is 0 Å². The van der Waals surface area contributed by atoms with Gasteiger partial charge in [0.05, 0.1) is 32.5 Å². The van der Waals surface area contributed by atoms with Gasteiger partial charge >= 0.3 is 5.97 Å². The molecule has 0 heterocycles. The zero-order valence-electron chi connectivity index (χ0n) is 11.4. The maximum absolute atomic E-state index is 11.2. The Morgan fingerprint density at radius 3 is 2.13 bits per heavy atom. The van der Waals surface area contributed by atoms with Crippen LogP contribution >= 0.6 is 0 Å². The summed E-state index contributed by atoms with van der Waals surface area (Å²) < 4.78 is 0. The third-order valence-electron chi connectivity index (χ3n) is 2.96. The van der Waals surface area contributed by atoms with Crippen LogP contribution in [0.2, 0.25) is 0 Å². The van der Waals surface area contributed by atoms with Crippen molar-refractivity contribution in [3.8, 4) is 0 Å². The molecule has 0 aromatic heterocycles. The van der Waals surface area contributed by atoms with Crippen LogP contribution in [0.25, 0.3) is 0 Å². The maximum Gasteiger partial charge on any atom is 0.338 e. The van der Waals surface area contributed by atoms with Gasteiger partial charge in [0.1, 0.15) is 0 Å². The van der Waals surface area contributed by atoms with Gasteiger partial charge in [-0.2, -0.15) is 0 Å². The van der Waals surface area contributed by atoms with Crippen LogP contribution in [0.15, 0.2) is 36.4 Å². The van der Waals surface area contributed by atoms with Gasteiger partial charge in [0, 0.05) is 24.3 Å². The number of rotatable bonds is 5. The van der Waals surface area contributed by atoms with Gasteiger partial charge in [0.2, 0.25) is 0 Å². The molecular formula is C13H10N4O6. The fourth-order valence-electron chi connectivity index (χ4n) is 1.84. The Balaban J connectivity index is 2.48. The molecule has 0 radical (unpaired) electrons. The zero-order chi connectivity index (χ0) is 17.1. The fraction of sp³-hybridized carbons (Fsp3) is 0. The van der Waals surface area contributed by atoms with Crippen LogP contribution in [0, 0.1) is 20.2 Å². The Morgan fingerprint density at radius 1 is 1.00 bits per heavy atom. The smallest absolute Gasteiger partial charge is 0.338 e. The van der Waals surface area contributed by atoms with E-state index in [9.17, 15) is 25.0 Å². The largest absolute Gasteiger partial charge is 0.478 e. The van der Waals surface area contributed by atoms with E-state index in [0.29, 0.717) is 0 Å². The van der Waals surface area contributed by atoms with Crippen LogP contribution in [0.4, 0.5) is 28.4 Å². The quantitative estimate of drug-likeness (QED) is 0.430. The third-order valence-corrected chi connectivity index (χ3v) is 2.96. The standard InChI is InChI=1S/C13H10N4O6/c14-10-3-1-8(17(22)23)6-12(10)15-11-4-2-7(16(20)21)5-9(11)13(18)19/h1-6,15H,14H2,(H,18,19). The number of nitro groups is 2. The molecule has 23 heavy (non-hydrogen) atoms. The summed E-state index contributed by atoms with van der Waals surface area (Å²) >= 11 is 0. The minimum atomic E-state index is -1.39. The lowest BCUT2D eigenvalue weighted by atomic mass is 10.1. The van der Waals surface area contributed by atoms with Gasteiger partial charge in [-0.25, -0.2) is 4.79 Å². The molecule has 0 aliphatic heterocycles. The van der Waals surface area contributed by atoms with Crippen molar-refractivity contribution in [2.24, 2.45) is 0 Å². The van der Waals surface area contributed by atoms with Crippen LogP contribution in [0.3, 0.4) is 0 Å². The van der Waals surface area contributed by atoms with Gasteiger partial charge in [-0.15, -0.1) is 0 Å². The average Bonchev–Trinajstić information content (AvgIpc) is 2.49. The van der Waals surface area contributed by atoms with Crippen molar-refractivity contribution in [1.82, 2.24) is 0 Å². The average molecular weight is 318 g/mol. The number of nitrogens with two attached hydrogens (primary N) is 1.